The van der Waals surface area contributed by atoms with E-state index in [0.29, 0.717) is 11.6 Å². The van der Waals surface area contributed by atoms with E-state index in [1.54, 1.807) is 17.2 Å². The number of benzene rings is 1. The van der Waals surface area contributed by atoms with Gasteiger partial charge < -0.3 is 0 Å². The van der Waals surface area contributed by atoms with Crippen molar-refractivity contribution in [2.45, 2.75) is 11.8 Å². The number of alkyl halides is 1. The van der Waals surface area contributed by atoms with Crippen molar-refractivity contribution >= 4 is 39.7 Å². The number of thiazole rings is 1. The maximum absolute atomic E-state index is 12.4. The number of halogens is 1. The first-order chi connectivity index (χ1) is 9.24. The molecular formula is C14H13ClN2OS. The van der Waals surface area contributed by atoms with Gasteiger partial charge in [-0.2, -0.15) is 0 Å². The maximum Gasteiger partial charge on any atom is 0.251 e. The van der Waals surface area contributed by atoms with Crippen LogP contribution in [-0.4, -0.2) is 16.3 Å². The normalized spacial score (nSPS) is 11.8. The predicted octanol–water partition coefficient (Wildman–Crippen LogP) is 3.99. The lowest BCUT2D eigenvalue weighted by molar-refractivity contribution is -0.117. The third-order valence-corrected chi connectivity index (χ3v) is 3.61. The average Bonchev–Trinajstić information content (AvgIpc) is 2.94. The highest BCUT2D eigenvalue weighted by Crippen LogP contribution is 2.29. The molecule has 0 aliphatic carbocycles. The van der Waals surface area contributed by atoms with Gasteiger partial charge in [-0.1, -0.05) is 24.3 Å². The number of hydrogen-bond donors (Lipinski definition) is 0. The number of anilines is 2. The Morgan fingerprint density at radius 1 is 1.47 bits per heavy atom. The van der Waals surface area contributed by atoms with Gasteiger partial charge in [0.25, 0.3) is 5.91 Å². The zero-order valence-electron chi connectivity index (χ0n) is 10.2. The first kappa shape index (κ1) is 13.8. The molecule has 0 spiro atoms. The fourth-order valence-electron chi connectivity index (χ4n) is 1.62. The fourth-order valence-corrected chi connectivity index (χ4v) is 2.51. The minimum Gasteiger partial charge on any atom is -0.272 e. The van der Waals surface area contributed by atoms with Gasteiger partial charge in [0.2, 0.25) is 0 Å². The van der Waals surface area contributed by atoms with Crippen molar-refractivity contribution in [1.29, 1.82) is 0 Å². The lowest BCUT2D eigenvalue weighted by Crippen LogP contribution is -2.32. The Bertz CT molecular complexity index is 542. The molecule has 0 bridgehead atoms. The summed E-state index contributed by atoms with van der Waals surface area (Å²) in [4.78, 5) is 18.2. The first-order valence-electron chi connectivity index (χ1n) is 5.77. The van der Waals surface area contributed by atoms with E-state index in [4.69, 9.17) is 11.6 Å². The number of para-hydroxylation sites is 1. The van der Waals surface area contributed by atoms with Crippen molar-refractivity contribution in [3.05, 3.63) is 54.6 Å². The van der Waals surface area contributed by atoms with Crippen LogP contribution in [0.15, 0.2) is 54.6 Å². The van der Waals surface area contributed by atoms with Gasteiger partial charge in [0.05, 0.1) is 5.69 Å². The standard InChI is InChI=1S/C14H13ClN2OS/c1-2-6-12(15)13(18)17(14-16-9-10-19-14)11-7-4-3-5-8-11/h2-5,7-10,12H,1,6H2. The van der Waals surface area contributed by atoms with Crippen LogP contribution < -0.4 is 4.90 Å². The molecular weight excluding hydrogens is 280 g/mol. The van der Waals surface area contributed by atoms with E-state index >= 15 is 0 Å². The molecule has 1 heterocycles. The van der Waals surface area contributed by atoms with E-state index < -0.39 is 5.38 Å². The van der Waals surface area contributed by atoms with Crippen molar-refractivity contribution in [3.8, 4) is 0 Å². The van der Waals surface area contributed by atoms with Gasteiger partial charge in [0, 0.05) is 11.6 Å². The van der Waals surface area contributed by atoms with E-state index in [9.17, 15) is 4.79 Å². The summed E-state index contributed by atoms with van der Waals surface area (Å²) >= 11 is 7.51. The Morgan fingerprint density at radius 3 is 2.79 bits per heavy atom. The van der Waals surface area contributed by atoms with Crippen molar-refractivity contribution in [3.63, 3.8) is 0 Å². The van der Waals surface area contributed by atoms with Crippen LogP contribution in [0.3, 0.4) is 0 Å². The number of hydrogen-bond acceptors (Lipinski definition) is 3. The predicted molar refractivity (Wildman–Crippen MR) is 80.2 cm³/mol. The van der Waals surface area contributed by atoms with Crippen molar-refractivity contribution in [2.75, 3.05) is 4.90 Å². The molecule has 1 unspecified atom stereocenters. The molecule has 0 fully saturated rings. The molecule has 98 valence electrons. The van der Waals surface area contributed by atoms with Gasteiger partial charge >= 0.3 is 0 Å². The lowest BCUT2D eigenvalue weighted by atomic mass is 10.2. The molecule has 2 aromatic rings. The molecule has 19 heavy (non-hydrogen) atoms. The van der Waals surface area contributed by atoms with Gasteiger partial charge in [-0.3, -0.25) is 9.69 Å². The van der Waals surface area contributed by atoms with Gasteiger partial charge in [-0.25, -0.2) is 4.98 Å². The quantitative estimate of drug-likeness (QED) is 0.616. The van der Waals surface area contributed by atoms with Crippen LogP contribution in [0.2, 0.25) is 0 Å². The van der Waals surface area contributed by atoms with Crippen LogP contribution in [-0.2, 0) is 4.79 Å². The minimum absolute atomic E-state index is 0.192. The van der Waals surface area contributed by atoms with Crippen LogP contribution in [0, 0.1) is 0 Å². The summed E-state index contributed by atoms with van der Waals surface area (Å²) in [5, 5.41) is 1.81. The molecule has 0 saturated heterocycles. The van der Waals surface area contributed by atoms with E-state index in [0.717, 1.165) is 5.69 Å². The second kappa shape index (κ2) is 6.50. The maximum atomic E-state index is 12.4. The monoisotopic (exact) mass is 292 g/mol. The summed E-state index contributed by atoms with van der Waals surface area (Å²) in [6.45, 7) is 3.61. The number of carbonyl (C=O) groups is 1. The van der Waals surface area contributed by atoms with E-state index in [1.165, 1.54) is 11.3 Å². The molecule has 5 heteroatoms. The van der Waals surface area contributed by atoms with E-state index in [2.05, 4.69) is 11.6 Å². The molecule has 1 atom stereocenters. The number of rotatable bonds is 5. The Kier molecular flexibility index (Phi) is 4.71. The molecule has 0 N–H and O–H groups in total. The molecule has 0 radical (unpaired) electrons. The number of nitrogens with zero attached hydrogens (tertiary/aromatic N) is 2. The zero-order valence-corrected chi connectivity index (χ0v) is 11.8. The highest BCUT2D eigenvalue weighted by molar-refractivity contribution is 7.13. The fraction of sp³-hybridized carbons (Fsp3) is 0.143. The first-order valence-corrected chi connectivity index (χ1v) is 7.09. The molecule has 1 aromatic carbocycles. The summed E-state index contributed by atoms with van der Waals surface area (Å²) in [7, 11) is 0. The molecule has 1 aromatic heterocycles. The SMILES string of the molecule is C=CCC(Cl)C(=O)N(c1ccccc1)c1nccs1. The number of amides is 1. The molecule has 3 nitrogen and oxygen atoms in total. The lowest BCUT2D eigenvalue weighted by Gasteiger charge is -2.22. The van der Waals surface area contributed by atoms with Gasteiger partial charge in [-0.15, -0.1) is 29.5 Å². The highest BCUT2D eigenvalue weighted by Gasteiger charge is 2.25. The van der Waals surface area contributed by atoms with Crippen molar-refractivity contribution < 1.29 is 4.79 Å². The smallest absolute Gasteiger partial charge is 0.251 e. The average molecular weight is 293 g/mol. The van der Waals surface area contributed by atoms with Crippen molar-refractivity contribution in [1.82, 2.24) is 4.98 Å². The third kappa shape index (κ3) is 3.22. The summed E-state index contributed by atoms with van der Waals surface area (Å²) in [5.74, 6) is -0.192. The second-order valence-electron chi connectivity index (χ2n) is 3.82. The molecule has 2 rings (SSSR count). The van der Waals surface area contributed by atoms with Crippen LogP contribution in [0.25, 0.3) is 0 Å². The summed E-state index contributed by atoms with van der Waals surface area (Å²) in [5.41, 5.74) is 0.761. The van der Waals surface area contributed by atoms with Crippen LogP contribution >= 0.6 is 22.9 Å². The van der Waals surface area contributed by atoms with Gasteiger partial charge in [0.1, 0.15) is 5.38 Å². The molecule has 0 saturated carbocycles. The molecule has 1 amide bonds. The topological polar surface area (TPSA) is 33.2 Å². The second-order valence-corrected chi connectivity index (χ2v) is 5.22. The van der Waals surface area contributed by atoms with Gasteiger partial charge in [0.15, 0.2) is 5.13 Å². The van der Waals surface area contributed by atoms with Crippen LogP contribution in [0.5, 0.6) is 0 Å². The summed E-state index contributed by atoms with van der Waals surface area (Å²) in [6.07, 6.45) is 3.73. The molecule has 0 aliphatic heterocycles. The number of allylic oxidation sites excluding steroid dienone is 1. The van der Waals surface area contributed by atoms with Gasteiger partial charge in [-0.05, 0) is 18.6 Å². The summed E-state index contributed by atoms with van der Waals surface area (Å²) in [6, 6.07) is 9.36. The Balaban J connectivity index is 2.36. The zero-order chi connectivity index (χ0) is 13.7. The largest absolute Gasteiger partial charge is 0.272 e. The minimum atomic E-state index is -0.637. The Hall–Kier alpha value is -1.65. The summed E-state index contributed by atoms with van der Waals surface area (Å²) < 4.78 is 0. The number of carbonyl (C=O) groups excluding carboxylic acids is 1. The number of aromatic nitrogens is 1. The van der Waals surface area contributed by atoms with Crippen LogP contribution in [0.4, 0.5) is 10.8 Å². The Labute approximate surface area is 121 Å². The third-order valence-electron chi connectivity index (χ3n) is 2.49. The van der Waals surface area contributed by atoms with E-state index in [1.807, 2.05) is 35.7 Å². The van der Waals surface area contributed by atoms with E-state index in [-0.39, 0.29) is 5.91 Å². The Morgan fingerprint density at radius 2 is 2.21 bits per heavy atom. The van der Waals surface area contributed by atoms with Crippen molar-refractivity contribution in [2.24, 2.45) is 0 Å². The highest BCUT2D eigenvalue weighted by atomic mass is 35.5. The molecule has 0 aliphatic rings. The van der Waals surface area contributed by atoms with Crippen LogP contribution in [0.1, 0.15) is 6.42 Å².